The minimum absolute atomic E-state index is 0.317. The zero-order valence-electron chi connectivity index (χ0n) is 49.5. The quantitative estimate of drug-likeness (QED) is 0.235. The van der Waals surface area contributed by atoms with Crippen molar-refractivity contribution in [1.29, 1.82) is 0 Å². The molecule has 0 fully saturated rings. The van der Waals surface area contributed by atoms with Gasteiger partial charge in [0, 0.05) is 261 Å². The predicted octanol–water partition coefficient (Wildman–Crippen LogP) is 6.16. The highest BCUT2D eigenvalue weighted by molar-refractivity contribution is 5.86. The molecule has 1 aromatic heterocycles. The maximum Gasteiger partial charge on any atom is 0.161 e. The smallest absolute Gasteiger partial charge is 0.161 e. The summed E-state index contributed by atoms with van der Waals surface area (Å²) in [6, 6.07) is 18.9. The third kappa shape index (κ3) is 27.0. The van der Waals surface area contributed by atoms with Crippen LogP contribution < -0.4 is 18.9 Å². The number of H-pyrrole nitrogens is 1. The van der Waals surface area contributed by atoms with E-state index in [1.165, 1.54) is 33.3 Å². The molecule has 2 aliphatic rings. The van der Waals surface area contributed by atoms with Crippen LogP contribution in [-0.4, -0.2) is 37.8 Å². The summed E-state index contributed by atoms with van der Waals surface area (Å²) in [4.78, 5) is 6.22. The Morgan fingerprint density at radius 1 is 0.424 bits per heavy atom. The molecule has 6 heteroatoms. The van der Waals surface area contributed by atoms with Crippen LogP contribution in [0.1, 0.15) is 40.9 Å². The second-order valence-corrected chi connectivity index (χ2v) is 16.3. The van der Waals surface area contributed by atoms with Crippen LogP contribution >= 0.6 is 0 Å². The lowest BCUT2D eigenvalue weighted by Crippen LogP contribution is -2.39. The number of hydrogen-bond donors (Lipinski definition) is 1. The van der Waals surface area contributed by atoms with Gasteiger partial charge in [0.2, 0.25) is 0 Å². The third-order valence-electron chi connectivity index (χ3n) is 10.8. The number of ether oxygens (including phenoxy) is 4. The van der Waals surface area contributed by atoms with Crippen LogP contribution in [0.25, 0.3) is 10.9 Å². The zero-order valence-corrected chi connectivity index (χ0v) is 49.5. The van der Waals surface area contributed by atoms with E-state index in [0.717, 1.165) is 54.5 Å². The molecule has 2 aliphatic heterocycles. The standard InChI is InChI=1S/C57H4.C29H30N2O4/c1-3-5-7-9-11-13-15-17-19-21-23-25-27-29-31-33-35-37-39-41-43-45-47-49-51-53-55-57-56-54-52-50-48-46-44-42-40-38-36-34-32-30-28-26-24-22-20-18-16-14-12-10-8-6-4-2;1-32-20-6-4-5-18(11-20)17-35-29-12-19-9-10-31-16-26-24(14-27(31)22(19)15-28(29)34-3)23-13-21(33-2)7-8-25(23)30-26/h1H,2H3;4-8,11-13,15,27,30H,9-10,14,16-17H2,1-3H3. The molecule has 412 valence electrons. The molecule has 92 heavy (non-hydrogen) atoms. The number of rotatable bonds is 6. The zero-order chi connectivity index (χ0) is 64.8. The highest BCUT2D eigenvalue weighted by atomic mass is 16.5. The second-order valence-electron chi connectivity index (χ2n) is 16.3. The lowest BCUT2D eigenvalue weighted by Gasteiger charge is -2.40. The molecule has 6 rings (SSSR count). The molecule has 0 radical (unpaired) electrons. The lowest BCUT2D eigenvalue weighted by molar-refractivity contribution is 0.158. The summed E-state index contributed by atoms with van der Waals surface area (Å²) >= 11 is 0. The summed E-state index contributed by atoms with van der Waals surface area (Å²) in [6.07, 6.45) is 6.90. The van der Waals surface area contributed by atoms with Crippen LogP contribution in [0, 0.1) is 332 Å². The maximum atomic E-state index is 6.23. The summed E-state index contributed by atoms with van der Waals surface area (Å²) in [6.45, 7) is 4.10. The fourth-order valence-corrected chi connectivity index (χ4v) is 7.25. The topological polar surface area (TPSA) is 56.0 Å². The average Bonchev–Trinajstić information content (AvgIpc) is 1.47. The highest BCUT2D eigenvalue weighted by Gasteiger charge is 2.35. The van der Waals surface area contributed by atoms with Gasteiger partial charge in [-0.05, 0) is 179 Å². The molecule has 3 aromatic carbocycles. The number of nitrogens with zero attached hydrogens (tertiary/aromatic N) is 1. The maximum absolute atomic E-state index is 6.23. The lowest BCUT2D eigenvalue weighted by atomic mass is 9.85. The van der Waals surface area contributed by atoms with Crippen LogP contribution in [-0.2, 0) is 26.0 Å². The molecule has 3 heterocycles. The minimum Gasteiger partial charge on any atom is -0.497 e. The van der Waals surface area contributed by atoms with Crippen molar-refractivity contribution in [2.45, 2.75) is 39.0 Å². The molecule has 0 bridgehead atoms. The molecule has 1 N–H and O–H groups in total. The van der Waals surface area contributed by atoms with Gasteiger partial charge < -0.3 is 23.9 Å². The van der Waals surface area contributed by atoms with Gasteiger partial charge in [0.05, 0.1) is 21.3 Å². The Balaban J connectivity index is 0.000000368. The van der Waals surface area contributed by atoms with Crippen LogP contribution in [0.4, 0.5) is 0 Å². The average molecular weight is 1160 g/mol. The normalized spacial score (nSPS) is 8.84. The SMILES string of the molecule is C#CC#CC#CC#CC#CC#CC#CC#CC#CC#CC#CC#CC#CC#CC#CC#CC#CC#CC#CC#CC#CC#CC#CC#CC#CC#CC#CC#CC.COc1cccc(COc2cc3c(cc2OC)C2Cc4c([nH]c5ccc(OC)cc45)CN2CC3)c1. The summed E-state index contributed by atoms with van der Waals surface area (Å²) < 4.78 is 22.9. The monoisotopic (exact) mass is 1160 g/mol. The molecular weight excluding hydrogens is 1120 g/mol. The van der Waals surface area contributed by atoms with E-state index in [2.05, 4.69) is 360 Å². The van der Waals surface area contributed by atoms with Crippen molar-refractivity contribution in [1.82, 2.24) is 9.88 Å². The molecule has 0 spiro atoms. The minimum atomic E-state index is 0.317. The van der Waals surface area contributed by atoms with Gasteiger partial charge in [-0.3, -0.25) is 4.90 Å². The number of hydrogen-bond acceptors (Lipinski definition) is 5. The van der Waals surface area contributed by atoms with Gasteiger partial charge >= 0.3 is 0 Å². The molecule has 0 saturated carbocycles. The molecule has 0 saturated heterocycles. The van der Waals surface area contributed by atoms with Gasteiger partial charge in [-0.25, -0.2) is 0 Å². The largest absolute Gasteiger partial charge is 0.497 e. The molecule has 4 aromatic rings. The Morgan fingerprint density at radius 3 is 1.17 bits per heavy atom. The number of terminal acetylenes is 1. The number of benzene rings is 3. The van der Waals surface area contributed by atoms with Gasteiger partial charge in [0.25, 0.3) is 0 Å². The molecule has 1 atom stereocenters. The van der Waals surface area contributed by atoms with E-state index >= 15 is 0 Å². The predicted molar refractivity (Wildman–Crippen MR) is 360 cm³/mol. The van der Waals surface area contributed by atoms with Gasteiger partial charge in [0.15, 0.2) is 11.5 Å². The van der Waals surface area contributed by atoms with Crippen LogP contribution in [0.3, 0.4) is 0 Å². The number of nitrogens with one attached hydrogen (secondary N) is 1. The Hall–Kier alpha value is -16.0. The van der Waals surface area contributed by atoms with Crippen molar-refractivity contribution in [3.63, 3.8) is 0 Å². The number of aromatic amines is 1. The Morgan fingerprint density at radius 2 is 0.804 bits per heavy atom. The van der Waals surface area contributed by atoms with Gasteiger partial charge in [-0.15, -0.1) is 6.42 Å². The molecule has 0 amide bonds. The molecule has 6 nitrogen and oxygen atoms in total. The van der Waals surface area contributed by atoms with Gasteiger partial charge in [0.1, 0.15) is 18.1 Å². The van der Waals surface area contributed by atoms with Gasteiger partial charge in [-0.1, -0.05) is 18.1 Å². The number of fused-ring (bicyclic) bond motifs is 6. The summed E-state index contributed by atoms with van der Waals surface area (Å²) in [5.74, 6) is 140. The summed E-state index contributed by atoms with van der Waals surface area (Å²) in [7, 11) is 5.11. The Bertz CT molecular complexity index is 5600. The summed E-state index contributed by atoms with van der Waals surface area (Å²) in [5, 5.41) is 1.26. The second kappa shape index (κ2) is 43.7. The van der Waals surface area contributed by atoms with Crippen molar-refractivity contribution in [2.24, 2.45) is 0 Å². The highest BCUT2D eigenvalue weighted by Crippen LogP contribution is 2.44. The van der Waals surface area contributed by atoms with Gasteiger partial charge in [-0.2, -0.15) is 0 Å². The van der Waals surface area contributed by atoms with E-state index in [0.29, 0.717) is 12.6 Å². The first-order valence-electron chi connectivity index (χ1n) is 26.3. The summed E-state index contributed by atoms with van der Waals surface area (Å²) in [5.41, 5.74) is 7.63. The third-order valence-corrected chi connectivity index (χ3v) is 10.8. The van der Waals surface area contributed by atoms with Crippen LogP contribution in [0.2, 0.25) is 0 Å². The first-order valence-corrected chi connectivity index (χ1v) is 26.3. The van der Waals surface area contributed by atoms with Crippen molar-refractivity contribution >= 4 is 10.9 Å². The number of methoxy groups -OCH3 is 3. The fraction of sp³-hybridized carbons (Fsp3) is 0.116. The van der Waals surface area contributed by atoms with Crippen molar-refractivity contribution < 1.29 is 18.9 Å². The first kappa shape index (κ1) is 66.8. The van der Waals surface area contributed by atoms with E-state index in [-0.39, 0.29) is 0 Å². The first-order chi connectivity index (χ1) is 45.6. The van der Waals surface area contributed by atoms with Crippen LogP contribution in [0.15, 0.2) is 54.6 Å². The van der Waals surface area contributed by atoms with Crippen molar-refractivity contribution in [2.75, 3.05) is 27.9 Å². The van der Waals surface area contributed by atoms with Crippen LogP contribution in [0.5, 0.6) is 23.0 Å². The van der Waals surface area contributed by atoms with Crippen molar-refractivity contribution in [3.8, 4) is 355 Å². The Kier molecular flexibility index (Phi) is 31.7. The molecule has 0 aliphatic carbocycles. The van der Waals surface area contributed by atoms with E-state index in [9.17, 15) is 0 Å². The molecular formula is C86H34N2O4. The fourth-order valence-electron chi connectivity index (χ4n) is 7.25. The van der Waals surface area contributed by atoms with E-state index in [4.69, 9.17) is 25.4 Å². The number of aromatic nitrogens is 1. The van der Waals surface area contributed by atoms with Crippen molar-refractivity contribution in [3.05, 3.63) is 82.5 Å². The Labute approximate surface area is 541 Å². The molecule has 1 unspecified atom stereocenters. The van der Waals surface area contributed by atoms with E-state index in [1.54, 1.807) is 28.3 Å². The van der Waals surface area contributed by atoms with E-state index < -0.39 is 0 Å². The van der Waals surface area contributed by atoms with E-state index in [1.807, 2.05) is 30.3 Å².